The molecule has 1 fully saturated rings. The van der Waals surface area contributed by atoms with E-state index in [0.29, 0.717) is 17.5 Å². The summed E-state index contributed by atoms with van der Waals surface area (Å²) < 4.78 is 0. The number of hydrogen-bond donors (Lipinski definition) is 1. The van der Waals surface area contributed by atoms with Gasteiger partial charge in [-0.2, -0.15) is 0 Å². The smallest absolute Gasteiger partial charge is 0.270 e. The Bertz CT molecular complexity index is 611. The van der Waals surface area contributed by atoms with E-state index in [2.05, 4.69) is 17.1 Å². The van der Waals surface area contributed by atoms with E-state index in [0.717, 1.165) is 25.9 Å². The summed E-state index contributed by atoms with van der Waals surface area (Å²) in [6.07, 6.45) is 6.52. The summed E-state index contributed by atoms with van der Waals surface area (Å²) in [5, 5.41) is 10.8. The molecule has 0 spiro atoms. The fourth-order valence-corrected chi connectivity index (χ4v) is 3.32. The molecule has 1 aliphatic heterocycles. The highest BCUT2D eigenvalue weighted by atomic mass is 16.6. The Morgan fingerprint density at radius 1 is 1.24 bits per heavy atom. The molecule has 2 aliphatic rings. The van der Waals surface area contributed by atoms with Gasteiger partial charge >= 0.3 is 0 Å². The zero-order valence-corrected chi connectivity index (χ0v) is 11.6. The van der Waals surface area contributed by atoms with Gasteiger partial charge in [0.05, 0.1) is 16.2 Å². The van der Waals surface area contributed by atoms with Gasteiger partial charge in [0.25, 0.3) is 11.6 Å². The number of nitrogens with two attached hydrogens (primary N) is 1. The van der Waals surface area contributed by atoms with Crippen molar-refractivity contribution >= 4 is 17.3 Å². The minimum absolute atomic E-state index is 0.106. The summed E-state index contributed by atoms with van der Waals surface area (Å²) in [6.45, 7) is 1.74. The predicted molar refractivity (Wildman–Crippen MR) is 79.2 cm³/mol. The van der Waals surface area contributed by atoms with Crippen molar-refractivity contribution < 1.29 is 9.72 Å². The molecule has 0 aromatic heterocycles. The number of rotatable bonds is 3. The number of carbonyl (C=O) groups is 1. The first-order valence-corrected chi connectivity index (χ1v) is 7.04. The van der Waals surface area contributed by atoms with Gasteiger partial charge in [-0.05, 0) is 30.7 Å². The lowest BCUT2D eigenvalue weighted by Crippen LogP contribution is -2.24. The van der Waals surface area contributed by atoms with E-state index < -0.39 is 10.8 Å². The molecule has 1 aromatic rings. The normalized spacial score (nSPS) is 23.9. The second kappa shape index (κ2) is 5.20. The molecule has 0 radical (unpaired) electrons. The number of fused-ring (bicyclic) bond motifs is 1. The second-order valence-electron chi connectivity index (χ2n) is 5.69. The maximum absolute atomic E-state index is 11.6. The first kappa shape index (κ1) is 13.6. The van der Waals surface area contributed by atoms with Crippen LogP contribution in [0.25, 0.3) is 0 Å². The van der Waals surface area contributed by atoms with E-state index in [9.17, 15) is 14.9 Å². The van der Waals surface area contributed by atoms with Crippen molar-refractivity contribution in [3.63, 3.8) is 0 Å². The summed E-state index contributed by atoms with van der Waals surface area (Å²) in [4.78, 5) is 24.1. The van der Waals surface area contributed by atoms with Crippen LogP contribution >= 0.6 is 0 Å². The molecule has 2 unspecified atom stereocenters. The van der Waals surface area contributed by atoms with Crippen LogP contribution < -0.4 is 10.6 Å². The van der Waals surface area contributed by atoms with Gasteiger partial charge in [-0.25, -0.2) is 0 Å². The van der Waals surface area contributed by atoms with E-state index in [4.69, 9.17) is 5.73 Å². The van der Waals surface area contributed by atoms with Crippen LogP contribution in [-0.2, 0) is 0 Å². The van der Waals surface area contributed by atoms with Gasteiger partial charge in [0.2, 0.25) is 0 Å². The Morgan fingerprint density at radius 2 is 1.86 bits per heavy atom. The van der Waals surface area contributed by atoms with Crippen molar-refractivity contribution in [3.05, 3.63) is 46.0 Å². The number of nitrogens with zero attached hydrogens (tertiary/aromatic N) is 2. The lowest BCUT2D eigenvalue weighted by molar-refractivity contribution is -0.384. The maximum atomic E-state index is 11.6. The maximum Gasteiger partial charge on any atom is 0.270 e. The molecule has 1 aliphatic carbocycles. The fraction of sp³-hybridized carbons (Fsp3) is 0.400. The molecule has 1 heterocycles. The van der Waals surface area contributed by atoms with Crippen LogP contribution in [0.4, 0.5) is 11.4 Å². The number of allylic oxidation sites excluding steroid dienone is 2. The van der Waals surface area contributed by atoms with Crippen molar-refractivity contribution in [2.45, 2.75) is 12.8 Å². The molecule has 1 saturated heterocycles. The summed E-state index contributed by atoms with van der Waals surface area (Å²) in [7, 11) is 0. The Balaban J connectivity index is 1.92. The van der Waals surface area contributed by atoms with Crippen molar-refractivity contribution in [2.24, 2.45) is 17.6 Å². The van der Waals surface area contributed by atoms with Crippen LogP contribution in [0.1, 0.15) is 23.2 Å². The Morgan fingerprint density at radius 3 is 2.38 bits per heavy atom. The zero-order chi connectivity index (χ0) is 15.0. The quantitative estimate of drug-likeness (QED) is 0.523. The molecular formula is C15H17N3O3. The summed E-state index contributed by atoms with van der Waals surface area (Å²) in [6, 6.07) is 4.35. The van der Waals surface area contributed by atoms with Crippen LogP contribution in [0.2, 0.25) is 0 Å². The highest BCUT2D eigenvalue weighted by molar-refractivity contribution is 5.99. The number of hydrogen-bond acceptors (Lipinski definition) is 4. The molecule has 0 saturated carbocycles. The molecule has 1 amide bonds. The summed E-state index contributed by atoms with van der Waals surface area (Å²) in [5.74, 6) is 0.554. The lowest BCUT2D eigenvalue weighted by Gasteiger charge is -2.20. The molecule has 1 aromatic carbocycles. The lowest BCUT2D eigenvalue weighted by atomic mass is 9.86. The number of benzene rings is 1. The van der Waals surface area contributed by atoms with Gasteiger partial charge in [0.15, 0.2) is 0 Å². The summed E-state index contributed by atoms with van der Waals surface area (Å²) in [5.41, 5.74) is 6.23. The number of non-ortho nitro benzene ring substituents is 1. The standard InChI is InChI=1S/C15H17N3O3/c16-15(19)13-7-12(18(20)21)5-6-14(13)17-8-10-3-1-2-4-11(10)9-17/h1-2,5-7,10-11H,3-4,8-9H2,(H2,16,19). The van der Waals surface area contributed by atoms with Crippen LogP contribution in [0, 0.1) is 22.0 Å². The highest BCUT2D eigenvalue weighted by Gasteiger charge is 2.34. The highest BCUT2D eigenvalue weighted by Crippen LogP contribution is 2.37. The minimum Gasteiger partial charge on any atom is -0.370 e. The van der Waals surface area contributed by atoms with Gasteiger partial charge in [-0.15, -0.1) is 0 Å². The Labute approximate surface area is 122 Å². The molecule has 2 N–H and O–H groups in total. The fourth-order valence-electron chi connectivity index (χ4n) is 3.32. The number of primary amides is 1. The third-order valence-electron chi connectivity index (χ3n) is 4.42. The first-order valence-electron chi connectivity index (χ1n) is 7.04. The van der Waals surface area contributed by atoms with Crippen LogP contribution in [0.5, 0.6) is 0 Å². The van der Waals surface area contributed by atoms with Crippen molar-refractivity contribution in [3.8, 4) is 0 Å². The van der Waals surface area contributed by atoms with Crippen molar-refractivity contribution in [1.82, 2.24) is 0 Å². The molecule has 21 heavy (non-hydrogen) atoms. The first-order chi connectivity index (χ1) is 10.1. The average Bonchev–Trinajstić information content (AvgIpc) is 2.90. The van der Waals surface area contributed by atoms with E-state index in [1.807, 2.05) is 0 Å². The number of nitro groups is 1. The topological polar surface area (TPSA) is 89.5 Å². The largest absolute Gasteiger partial charge is 0.370 e. The van der Waals surface area contributed by atoms with E-state index in [-0.39, 0.29) is 11.3 Å². The van der Waals surface area contributed by atoms with Gasteiger partial charge in [0, 0.05) is 25.2 Å². The SMILES string of the molecule is NC(=O)c1cc([N+](=O)[O-])ccc1N1CC2CC=CCC2C1. The van der Waals surface area contributed by atoms with Crippen LogP contribution in [0.3, 0.4) is 0 Å². The van der Waals surface area contributed by atoms with Crippen LogP contribution in [-0.4, -0.2) is 23.9 Å². The molecule has 2 atom stereocenters. The van der Waals surface area contributed by atoms with Crippen molar-refractivity contribution in [1.29, 1.82) is 0 Å². The molecule has 6 heteroatoms. The van der Waals surface area contributed by atoms with E-state index >= 15 is 0 Å². The van der Waals surface area contributed by atoms with E-state index in [1.165, 1.54) is 12.1 Å². The van der Waals surface area contributed by atoms with Gasteiger partial charge in [-0.3, -0.25) is 14.9 Å². The molecule has 6 nitrogen and oxygen atoms in total. The van der Waals surface area contributed by atoms with Crippen LogP contribution in [0.15, 0.2) is 30.4 Å². The molecule has 0 bridgehead atoms. The second-order valence-corrected chi connectivity index (χ2v) is 5.69. The molecular weight excluding hydrogens is 270 g/mol. The molecule has 3 rings (SSSR count). The number of anilines is 1. The Kier molecular flexibility index (Phi) is 3.37. The van der Waals surface area contributed by atoms with Gasteiger partial charge in [0.1, 0.15) is 0 Å². The van der Waals surface area contributed by atoms with E-state index in [1.54, 1.807) is 6.07 Å². The number of amides is 1. The third-order valence-corrected chi connectivity index (χ3v) is 4.42. The molecule has 110 valence electrons. The monoisotopic (exact) mass is 287 g/mol. The number of carbonyl (C=O) groups excluding carboxylic acids is 1. The summed E-state index contributed by atoms with van der Waals surface area (Å²) >= 11 is 0. The van der Waals surface area contributed by atoms with Gasteiger partial charge < -0.3 is 10.6 Å². The average molecular weight is 287 g/mol. The third kappa shape index (κ3) is 2.49. The predicted octanol–water partition coefficient (Wildman–Crippen LogP) is 2.10. The van der Waals surface area contributed by atoms with Gasteiger partial charge in [-0.1, -0.05) is 12.2 Å². The minimum atomic E-state index is -0.623. The number of nitro benzene ring substituents is 1. The zero-order valence-electron chi connectivity index (χ0n) is 11.6. The Hall–Kier alpha value is -2.37. The van der Waals surface area contributed by atoms with Crippen molar-refractivity contribution in [2.75, 3.05) is 18.0 Å².